The third kappa shape index (κ3) is 68.0. The van der Waals surface area contributed by atoms with Crippen LogP contribution in [0.15, 0.2) is 146 Å². The first-order valence-corrected chi connectivity index (χ1v) is 34.3. The summed E-state index contributed by atoms with van der Waals surface area (Å²) in [7, 11) is 0. The standard InChI is InChI=1S/C77H126O6/c1-4-7-10-13-16-19-22-25-28-31-34-35-36-37-38-39-40-41-44-46-49-52-55-58-61-64-67-70-76(79)82-73-74(83-77(80)71-68-65-62-59-56-53-50-47-43-33-30-27-24-21-18-15-12-9-6-3)72-81-75(78)69-66-63-60-57-54-51-48-45-42-32-29-26-23-20-17-14-11-8-5-2/h7,9-10,12,16,18-19,21,25,27-28,30,34-35,37-38,40-41,43,46-47,49,53,56,74H,4-6,8,11,13-15,17,20,22-24,26,29,31-33,36,39,42,44-45,48,50-52,54-55,57-73H2,1-3H3/b10-7-,12-9-,19-16-,21-18-,28-25-,30-27-,35-34-,38-37-,41-40-,47-43-,49-46-,56-53-. The SMILES string of the molecule is CC/C=C\C/C=C\C/C=C\C/C=C\C/C=C\C/C=C\C/C=C\CCCCCCCC(=O)OCC(COC(=O)CCCCCCCCCCCCCCCCCCCCC)OC(=O)CCCCC/C=C\C/C=C\C/C=C\C/C=C\C/C=C\CC. The highest BCUT2D eigenvalue weighted by Crippen LogP contribution is 2.16. The van der Waals surface area contributed by atoms with E-state index in [1.807, 2.05) is 0 Å². The number of hydrogen-bond donors (Lipinski definition) is 0. The summed E-state index contributed by atoms with van der Waals surface area (Å²) in [5.41, 5.74) is 0. The smallest absolute Gasteiger partial charge is 0.306 e. The number of allylic oxidation sites excluding steroid dienone is 24. The van der Waals surface area contributed by atoms with E-state index in [-0.39, 0.29) is 37.5 Å². The summed E-state index contributed by atoms with van der Waals surface area (Å²) in [5, 5.41) is 0. The van der Waals surface area contributed by atoms with Gasteiger partial charge in [-0.25, -0.2) is 0 Å². The van der Waals surface area contributed by atoms with Gasteiger partial charge in [0.05, 0.1) is 0 Å². The lowest BCUT2D eigenvalue weighted by Crippen LogP contribution is -2.30. The van der Waals surface area contributed by atoms with E-state index in [9.17, 15) is 14.4 Å². The molecule has 0 aromatic heterocycles. The summed E-state index contributed by atoms with van der Waals surface area (Å²) in [6.45, 7) is 6.39. The minimum Gasteiger partial charge on any atom is -0.462 e. The Hall–Kier alpha value is -4.71. The van der Waals surface area contributed by atoms with Crippen LogP contribution in [0.4, 0.5) is 0 Å². The second-order valence-electron chi connectivity index (χ2n) is 22.3. The van der Waals surface area contributed by atoms with E-state index in [0.29, 0.717) is 12.8 Å². The summed E-state index contributed by atoms with van der Waals surface area (Å²) in [5.74, 6) is -0.946. The van der Waals surface area contributed by atoms with Crippen LogP contribution in [-0.4, -0.2) is 37.2 Å². The van der Waals surface area contributed by atoms with Gasteiger partial charge in [0.15, 0.2) is 6.10 Å². The van der Waals surface area contributed by atoms with Gasteiger partial charge in [-0.1, -0.05) is 308 Å². The zero-order valence-corrected chi connectivity index (χ0v) is 53.9. The zero-order chi connectivity index (χ0) is 59.9. The molecule has 1 atom stereocenters. The third-order valence-corrected chi connectivity index (χ3v) is 14.3. The number of unbranched alkanes of at least 4 members (excludes halogenated alkanes) is 26. The molecule has 6 nitrogen and oxygen atoms in total. The molecule has 0 aliphatic rings. The Kier molecular flexibility index (Phi) is 65.8. The van der Waals surface area contributed by atoms with Crippen LogP contribution in [0.2, 0.25) is 0 Å². The van der Waals surface area contributed by atoms with Gasteiger partial charge in [0.1, 0.15) is 13.2 Å². The second kappa shape index (κ2) is 69.8. The summed E-state index contributed by atoms with van der Waals surface area (Å²) < 4.78 is 16.9. The molecule has 0 aliphatic heterocycles. The van der Waals surface area contributed by atoms with Crippen LogP contribution in [0.5, 0.6) is 0 Å². The molecule has 0 fully saturated rings. The Morgan fingerprint density at radius 1 is 0.253 bits per heavy atom. The fraction of sp³-hybridized carbons (Fsp3) is 0.649. The lowest BCUT2D eigenvalue weighted by Gasteiger charge is -2.18. The van der Waals surface area contributed by atoms with Gasteiger partial charge in [0.25, 0.3) is 0 Å². The van der Waals surface area contributed by atoms with E-state index in [1.54, 1.807) is 0 Å². The van der Waals surface area contributed by atoms with E-state index in [1.165, 1.54) is 103 Å². The Bertz CT molecular complexity index is 1800. The van der Waals surface area contributed by atoms with Crippen molar-refractivity contribution in [2.24, 2.45) is 0 Å². The molecular weight excluding hydrogens is 1020 g/mol. The minimum atomic E-state index is -0.811. The highest BCUT2D eigenvalue weighted by molar-refractivity contribution is 5.71. The fourth-order valence-corrected chi connectivity index (χ4v) is 9.27. The molecule has 0 bridgehead atoms. The molecule has 83 heavy (non-hydrogen) atoms. The predicted molar refractivity (Wildman–Crippen MR) is 362 cm³/mol. The minimum absolute atomic E-state index is 0.100. The van der Waals surface area contributed by atoms with Gasteiger partial charge in [-0.2, -0.15) is 0 Å². The van der Waals surface area contributed by atoms with E-state index < -0.39 is 6.10 Å². The predicted octanol–water partition coefficient (Wildman–Crippen LogP) is 23.9. The van der Waals surface area contributed by atoms with Gasteiger partial charge >= 0.3 is 17.9 Å². The number of carbonyl (C=O) groups excluding carboxylic acids is 3. The van der Waals surface area contributed by atoms with Crippen molar-refractivity contribution >= 4 is 17.9 Å². The van der Waals surface area contributed by atoms with Crippen molar-refractivity contribution in [3.8, 4) is 0 Å². The van der Waals surface area contributed by atoms with Gasteiger partial charge in [0, 0.05) is 19.3 Å². The molecule has 0 saturated carbocycles. The monoisotopic (exact) mass is 1150 g/mol. The number of esters is 3. The number of carbonyl (C=O) groups is 3. The topological polar surface area (TPSA) is 78.9 Å². The van der Waals surface area contributed by atoms with Crippen LogP contribution in [0.25, 0.3) is 0 Å². The summed E-state index contributed by atoms with van der Waals surface area (Å²) >= 11 is 0. The van der Waals surface area contributed by atoms with Crippen LogP contribution in [0, 0.1) is 0 Å². The molecule has 0 spiro atoms. The Morgan fingerprint density at radius 3 is 0.747 bits per heavy atom. The molecule has 0 aromatic carbocycles. The lowest BCUT2D eigenvalue weighted by molar-refractivity contribution is -0.167. The zero-order valence-electron chi connectivity index (χ0n) is 53.9. The molecule has 0 N–H and O–H groups in total. The van der Waals surface area contributed by atoms with Crippen molar-refractivity contribution in [3.63, 3.8) is 0 Å². The molecular formula is C77H126O6. The van der Waals surface area contributed by atoms with Gasteiger partial charge in [-0.3, -0.25) is 14.4 Å². The van der Waals surface area contributed by atoms with Crippen molar-refractivity contribution in [1.82, 2.24) is 0 Å². The average molecular weight is 1150 g/mol. The van der Waals surface area contributed by atoms with Crippen molar-refractivity contribution in [2.45, 2.75) is 309 Å². The number of hydrogen-bond acceptors (Lipinski definition) is 6. The van der Waals surface area contributed by atoms with Crippen molar-refractivity contribution < 1.29 is 28.6 Å². The maximum atomic E-state index is 12.9. The molecule has 0 aromatic rings. The van der Waals surface area contributed by atoms with Gasteiger partial charge in [0.2, 0.25) is 0 Å². The van der Waals surface area contributed by atoms with Gasteiger partial charge < -0.3 is 14.2 Å². The number of ether oxygens (including phenoxy) is 3. The molecule has 0 saturated heterocycles. The van der Waals surface area contributed by atoms with E-state index >= 15 is 0 Å². The summed E-state index contributed by atoms with van der Waals surface area (Å²) in [4.78, 5) is 38.5. The van der Waals surface area contributed by atoms with E-state index in [4.69, 9.17) is 14.2 Å². The Balaban J connectivity index is 4.47. The lowest BCUT2D eigenvalue weighted by atomic mass is 10.0. The number of rotatable bonds is 61. The molecule has 470 valence electrons. The van der Waals surface area contributed by atoms with Gasteiger partial charge in [-0.15, -0.1) is 0 Å². The van der Waals surface area contributed by atoms with Crippen LogP contribution in [-0.2, 0) is 28.6 Å². The van der Waals surface area contributed by atoms with E-state index in [2.05, 4.69) is 167 Å². The molecule has 1 unspecified atom stereocenters. The maximum Gasteiger partial charge on any atom is 0.306 e. The highest BCUT2D eigenvalue weighted by atomic mass is 16.6. The normalized spacial score (nSPS) is 13.0. The van der Waals surface area contributed by atoms with Crippen molar-refractivity contribution in [1.29, 1.82) is 0 Å². The first-order valence-electron chi connectivity index (χ1n) is 34.3. The second-order valence-corrected chi connectivity index (χ2v) is 22.3. The Morgan fingerprint density at radius 2 is 0.470 bits per heavy atom. The molecule has 0 rings (SSSR count). The molecule has 6 heteroatoms. The molecule has 0 amide bonds. The fourth-order valence-electron chi connectivity index (χ4n) is 9.27. The summed E-state index contributed by atoms with van der Waals surface area (Å²) in [6.07, 6.45) is 100.0. The van der Waals surface area contributed by atoms with Crippen LogP contribution < -0.4 is 0 Å². The van der Waals surface area contributed by atoms with Gasteiger partial charge in [-0.05, 0) is 122 Å². The maximum absolute atomic E-state index is 12.9. The summed E-state index contributed by atoms with van der Waals surface area (Å²) in [6, 6.07) is 0. The largest absolute Gasteiger partial charge is 0.462 e. The van der Waals surface area contributed by atoms with Crippen LogP contribution >= 0.6 is 0 Å². The first-order chi connectivity index (χ1) is 41.0. The average Bonchev–Trinajstić information content (AvgIpc) is 3.50. The van der Waals surface area contributed by atoms with Crippen molar-refractivity contribution in [2.75, 3.05) is 13.2 Å². The van der Waals surface area contributed by atoms with Crippen LogP contribution in [0.1, 0.15) is 303 Å². The highest BCUT2D eigenvalue weighted by Gasteiger charge is 2.19. The molecule has 0 radical (unpaired) electrons. The first kappa shape index (κ1) is 78.3. The molecule has 0 aliphatic carbocycles. The van der Waals surface area contributed by atoms with Crippen molar-refractivity contribution in [3.05, 3.63) is 146 Å². The van der Waals surface area contributed by atoms with Crippen LogP contribution in [0.3, 0.4) is 0 Å². The quantitative estimate of drug-likeness (QED) is 0.0261. The Labute approximate surface area is 512 Å². The van der Waals surface area contributed by atoms with E-state index in [0.717, 1.165) is 161 Å². The molecule has 0 heterocycles. The third-order valence-electron chi connectivity index (χ3n) is 14.3.